The summed E-state index contributed by atoms with van der Waals surface area (Å²) < 4.78 is 62.3. The van der Waals surface area contributed by atoms with Gasteiger partial charge in [0, 0.05) is 23.9 Å². The van der Waals surface area contributed by atoms with E-state index in [0.717, 1.165) is 11.6 Å². The normalized spacial score (nSPS) is 13.0. The van der Waals surface area contributed by atoms with E-state index >= 15 is 4.39 Å². The second-order valence-corrected chi connectivity index (χ2v) is 10.6. The summed E-state index contributed by atoms with van der Waals surface area (Å²) in [6.07, 6.45) is 4.20. The third-order valence-corrected chi connectivity index (χ3v) is 7.01. The highest BCUT2D eigenvalue weighted by Gasteiger charge is 2.25. The first-order valence-corrected chi connectivity index (χ1v) is 13.4. The van der Waals surface area contributed by atoms with Gasteiger partial charge in [-0.05, 0) is 29.8 Å². The maximum Gasteiger partial charge on any atom is 0.186 e. The van der Waals surface area contributed by atoms with Crippen LogP contribution in [0.4, 0.5) is 8.78 Å². The molecule has 0 saturated heterocycles. The molecule has 0 saturated carbocycles. The van der Waals surface area contributed by atoms with Gasteiger partial charge in [0.2, 0.25) is 0 Å². The first-order chi connectivity index (χ1) is 18.3. The Kier molecular flexibility index (Phi) is 7.00. The van der Waals surface area contributed by atoms with Crippen LogP contribution in [0, 0.1) is 11.6 Å². The molecule has 0 amide bonds. The van der Waals surface area contributed by atoms with Gasteiger partial charge in [0.1, 0.15) is 41.3 Å². The zero-order valence-electron chi connectivity index (χ0n) is 20.0. The lowest BCUT2D eigenvalue weighted by molar-refractivity contribution is -0.113. The number of aldehydes is 1. The monoisotopic (exact) mass is 539 g/mol. The van der Waals surface area contributed by atoms with E-state index in [9.17, 15) is 18.3 Å². The van der Waals surface area contributed by atoms with Gasteiger partial charge in [-0.2, -0.15) is 10.6 Å². The minimum Gasteiger partial charge on any atom is -0.452 e. The average Bonchev–Trinajstić information content (AvgIpc) is 3.55. The molecule has 4 N–H and O–H groups in total. The lowest BCUT2D eigenvalue weighted by Crippen LogP contribution is -2.08. The van der Waals surface area contributed by atoms with Crippen LogP contribution in [0.1, 0.15) is 17.4 Å². The molecule has 11 heteroatoms. The number of rotatable bonds is 9. The molecule has 0 fully saturated rings. The van der Waals surface area contributed by atoms with Crippen LogP contribution in [0.5, 0.6) is 11.5 Å². The molecule has 8 nitrogen and oxygen atoms in total. The largest absolute Gasteiger partial charge is 0.452 e. The molecule has 5 rings (SSSR count). The fourth-order valence-electron chi connectivity index (χ4n) is 4.20. The van der Waals surface area contributed by atoms with Crippen LogP contribution < -0.4 is 4.74 Å². The number of ether oxygens (including phenoxy) is 2. The molecule has 2 aromatic heterocycles. The number of nitrogens with one attached hydrogen (secondary N) is 2. The van der Waals surface area contributed by atoms with Crippen LogP contribution in [0.3, 0.4) is 0 Å². The van der Waals surface area contributed by atoms with Crippen molar-refractivity contribution in [2.24, 2.45) is 0 Å². The Hall–Kier alpha value is -4.03. The summed E-state index contributed by atoms with van der Waals surface area (Å²) in [6.45, 7) is -0.151. The molecule has 0 spiro atoms. The third kappa shape index (κ3) is 5.04. The summed E-state index contributed by atoms with van der Waals surface area (Å²) in [6, 6.07) is 15.7. The number of carbonyl (C=O) groups excluding carboxylic acids is 1. The van der Waals surface area contributed by atoms with Crippen LogP contribution in [0.15, 0.2) is 78.0 Å². The van der Waals surface area contributed by atoms with Crippen molar-refractivity contribution >= 4 is 27.8 Å². The van der Waals surface area contributed by atoms with E-state index in [1.165, 1.54) is 30.7 Å². The second kappa shape index (κ2) is 10.4. The van der Waals surface area contributed by atoms with Gasteiger partial charge in [-0.15, -0.1) is 0 Å². The lowest BCUT2D eigenvalue weighted by Gasteiger charge is -2.29. The van der Waals surface area contributed by atoms with E-state index < -0.39 is 28.3 Å². The van der Waals surface area contributed by atoms with E-state index in [1.54, 1.807) is 12.3 Å². The molecule has 5 aromatic rings. The topological polar surface area (TPSA) is 120 Å². The number of hydrogen-bond acceptors (Lipinski definition) is 6. The van der Waals surface area contributed by atoms with Crippen molar-refractivity contribution in [2.45, 2.75) is 11.0 Å². The summed E-state index contributed by atoms with van der Waals surface area (Å²) in [5.41, 5.74) is 1.66. The van der Waals surface area contributed by atoms with Crippen molar-refractivity contribution < 1.29 is 32.2 Å². The lowest BCUT2D eigenvalue weighted by atomic mass is 10.1. The van der Waals surface area contributed by atoms with Gasteiger partial charge in [-0.1, -0.05) is 30.3 Å². The Morgan fingerprint density at radius 2 is 1.87 bits per heavy atom. The predicted octanol–water partition coefficient (Wildman–Crippen LogP) is 6.67. The van der Waals surface area contributed by atoms with Crippen LogP contribution >= 0.6 is 10.6 Å². The van der Waals surface area contributed by atoms with Crippen molar-refractivity contribution in [3.8, 4) is 22.9 Å². The number of carbonyl (C=O) groups is 1. The van der Waals surface area contributed by atoms with Crippen LogP contribution in [-0.2, 0) is 9.53 Å². The SMILES string of the molecule is CS(O)(O)c1c(Oc2ccc(F)c(-c3ncc(C(OCC=O)c4ccccc4)[nH]3)c2)c(F)cc2[nH]ccc12. The summed E-state index contributed by atoms with van der Waals surface area (Å²) in [5.74, 6) is -1.61. The Labute approximate surface area is 217 Å². The number of aromatic amines is 2. The average molecular weight is 540 g/mol. The summed E-state index contributed by atoms with van der Waals surface area (Å²) in [5, 5.41) is 0.393. The van der Waals surface area contributed by atoms with E-state index in [4.69, 9.17) is 9.47 Å². The van der Waals surface area contributed by atoms with Gasteiger partial charge in [-0.25, -0.2) is 13.8 Å². The van der Waals surface area contributed by atoms with Crippen molar-refractivity contribution in [1.82, 2.24) is 15.0 Å². The molecular formula is C27H23F2N3O5S. The van der Waals surface area contributed by atoms with Gasteiger partial charge in [0.15, 0.2) is 11.6 Å². The Balaban J connectivity index is 1.52. The second-order valence-electron chi connectivity index (χ2n) is 8.51. The molecule has 0 bridgehead atoms. The van der Waals surface area contributed by atoms with Gasteiger partial charge >= 0.3 is 0 Å². The molecule has 196 valence electrons. The van der Waals surface area contributed by atoms with Gasteiger partial charge in [0.05, 0.1) is 23.0 Å². The zero-order chi connectivity index (χ0) is 26.9. The van der Waals surface area contributed by atoms with E-state index in [0.29, 0.717) is 22.9 Å². The maximum atomic E-state index is 15.0. The smallest absolute Gasteiger partial charge is 0.186 e. The Morgan fingerprint density at radius 3 is 2.61 bits per heavy atom. The van der Waals surface area contributed by atoms with Crippen LogP contribution in [0.2, 0.25) is 0 Å². The van der Waals surface area contributed by atoms with Crippen molar-refractivity contribution in [3.05, 3.63) is 95.9 Å². The molecule has 1 atom stereocenters. The number of aromatic nitrogens is 3. The zero-order valence-corrected chi connectivity index (χ0v) is 20.8. The fourth-order valence-corrected chi connectivity index (χ4v) is 5.29. The number of halogens is 2. The molecule has 3 aromatic carbocycles. The summed E-state index contributed by atoms with van der Waals surface area (Å²) >= 11 is 0. The fraction of sp³-hybridized carbons (Fsp3) is 0.111. The summed E-state index contributed by atoms with van der Waals surface area (Å²) in [7, 11) is -3.40. The molecular weight excluding hydrogens is 516 g/mol. The molecule has 0 aliphatic carbocycles. The number of hydrogen-bond donors (Lipinski definition) is 4. The third-order valence-electron chi connectivity index (χ3n) is 5.83. The van der Waals surface area contributed by atoms with Crippen molar-refractivity contribution in [1.29, 1.82) is 0 Å². The van der Waals surface area contributed by atoms with E-state index in [2.05, 4.69) is 15.0 Å². The first-order valence-electron chi connectivity index (χ1n) is 11.4. The predicted molar refractivity (Wildman–Crippen MR) is 140 cm³/mol. The van der Waals surface area contributed by atoms with Crippen LogP contribution in [0.25, 0.3) is 22.3 Å². The van der Waals surface area contributed by atoms with Crippen molar-refractivity contribution in [2.75, 3.05) is 12.9 Å². The molecule has 0 radical (unpaired) electrons. The summed E-state index contributed by atoms with van der Waals surface area (Å²) in [4.78, 5) is 21.0. The number of nitrogens with zero attached hydrogens (tertiary/aromatic N) is 1. The highest BCUT2D eigenvalue weighted by Crippen LogP contribution is 2.54. The highest BCUT2D eigenvalue weighted by atomic mass is 32.3. The van der Waals surface area contributed by atoms with Crippen LogP contribution in [-0.4, -0.2) is 43.2 Å². The minimum atomic E-state index is -3.40. The van der Waals surface area contributed by atoms with Gasteiger partial charge < -0.3 is 24.2 Å². The number of H-pyrrole nitrogens is 2. The molecule has 38 heavy (non-hydrogen) atoms. The van der Waals surface area contributed by atoms with E-state index in [1.807, 2.05) is 30.3 Å². The Morgan fingerprint density at radius 1 is 1.08 bits per heavy atom. The number of imidazole rings is 1. The molecule has 1 unspecified atom stereocenters. The highest BCUT2D eigenvalue weighted by molar-refractivity contribution is 8.24. The number of fused-ring (bicyclic) bond motifs is 1. The van der Waals surface area contributed by atoms with Gasteiger partial charge in [-0.3, -0.25) is 9.11 Å². The van der Waals surface area contributed by atoms with E-state index in [-0.39, 0.29) is 34.4 Å². The minimum absolute atomic E-state index is 0.0312. The standard InChI is InChI=1S/C27H23F2N3O5S/c1-38(34,35)26-18-9-10-30-22(18)14-21(29)25(26)37-17-7-8-20(28)19(13-17)27-31-15-23(32-27)24(36-12-11-33)16-5-3-2-4-6-16/h2-11,13-15,24,30,34-35H,12H2,1H3,(H,31,32). The number of benzene rings is 3. The molecule has 2 heterocycles. The quantitative estimate of drug-likeness (QED) is 0.155. The van der Waals surface area contributed by atoms with Crippen molar-refractivity contribution in [3.63, 3.8) is 0 Å². The maximum absolute atomic E-state index is 15.0. The van der Waals surface area contributed by atoms with Gasteiger partial charge in [0.25, 0.3) is 0 Å². The molecule has 0 aliphatic rings. The first kappa shape index (κ1) is 25.6. The molecule has 0 aliphatic heterocycles. The Bertz CT molecular complexity index is 1600.